The highest BCUT2D eigenvalue weighted by molar-refractivity contribution is 5.96. The van der Waals surface area contributed by atoms with Gasteiger partial charge in [-0.2, -0.15) is 5.10 Å². The maximum absolute atomic E-state index is 13.2. The van der Waals surface area contributed by atoms with Gasteiger partial charge in [0.2, 0.25) is 0 Å². The summed E-state index contributed by atoms with van der Waals surface area (Å²) in [5.41, 5.74) is 1.18. The van der Waals surface area contributed by atoms with Gasteiger partial charge in [0.25, 0.3) is 12.3 Å². The zero-order chi connectivity index (χ0) is 18.0. The van der Waals surface area contributed by atoms with E-state index in [0.717, 1.165) is 18.4 Å². The van der Waals surface area contributed by atoms with Gasteiger partial charge in [0.05, 0.1) is 11.1 Å². The van der Waals surface area contributed by atoms with E-state index in [1.807, 2.05) is 18.2 Å². The van der Waals surface area contributed by atoms with Crippen LogP contribution in [0.2, 0.25) is 0 Å². The van der Waals surface area contributed by atoms with Crippen molar-refractivity contribution in [2.75, 3.05) is 0 Å². The van der Waals surface area contributed by atoms with Gasteiger partial charge in [-0.15, -0.1) is 0 Å². The maximum atomic E-state index is 13.2. The smallest absolute Gasteiger partial charge is 0.282 e. The van der Waals surface area contributed by atoms with Gasteiger partial charge < -0.3 is 5.32 Å². The first-order chi connectivity index (χ1) is 11.8. The largest absolute Gasteiger partial charge is 0.342 e. The second kappa shape index (κ2) is 5.13. The predicted octanol–water partition coefficient (Wildman–Crippen LogP) is 3.90. The third-order valence-corrected chi connectivity index (χ3v) is 6.21. The molecule has 0 aliphatic heterocycles. The number of carbonyl (C=O) groups excluding carboxylic acids is 1. The molecule has 2 unspecified atom stereocenters. The van der Waals surface area contributed by atoms with Crippen molar-refractivity contribution in [2.45, 2.75) is 44.6 Å². The number of benzene rings is 1. The second-order valence-corrected chi connectivity index (χ2v) is 7.66. The molecule has 0 saturated heterocycles. The molecule has 2 aliphatic carbocycles. The first-order valence-corrected chi connectivity index (χ1v) is 8.51. The maximum Gasteiger partial charge on any atom is 0.282 e. The van der Waals surface area contributed by atoms with Crippen molar-refractivity contribution in [3.63, 3.8) is 0 Å². The summed E-state index contributed by atoms with van der Waals surface area (Å²) in [6.07, 6.45) is 0.393. The molecule has 1 N–H and O–H groups in total. The van der Waals surface area contributed by atoms with Gasteiger partial charge in [0.15, 0.2) is 0 Å². The summed E-state index contributed by atoms with van der Waals surface area (Å²) in [5, 5.41) is 6.88. The summed E-state index contributed by atoms with van der Waals surface area (Å²) in [7, 11) is 1.54. The standard InChI is InChI=1S/C19H21F2N3O/c1-18(2)13-8-9-19(18,14-7-5-4-6-11(13)14)22-17(25)12-10-24(3)23-15(12)16(20)21/h4-7,10,13,16H,8-9H2,1-3H3,(H,22,25). The van der Waals surface area contributed by atoms with Crippen LogP contribution in [0.25, 0.3) is 0 Å². The van der Waals surface area contributed by atoms with Crippen molar-refractivity contribution in [3.8, 4) is 0 Å². The minimum atomic E-state index is -2.78. The molecule has 2 aromatic rings. The number of aryl methyl sites for hydroxylation is 1. The summed E-state index contributed by atoms with van der Waals surface area (Å²) in [6, 6.07) is 8.15. The fourth-order valence-corrected chi connectivity index (χ4v) is 4.95. The Balaban J connectivity index is 1.77. The van der Waals surface area contributed by atoms with E-state index in [1.165, 1.54) is 16.4 Å². The van der Waals surface area contributed by atoms with Gasteiger partial charge in [-0.1, -0.05) is 38.1 Å². The Bertz CT molecular complexity index is 858. The lowest BCUT2D eigenvalue weighted by atomic mass is 9.74. The van der Waals surface area contributed by atoms with Crippen LogP contribution in [-0.2, 0) is 12.6 Å². The molecule has 6 heteroatoms. The zero-order valence-corrected chi connectivity index (χ0v) is 14.5. The van der Waals surface area contributed by atoms with Crippen molar-refractivity contribution >= 4 is 5.91 Å². The number of alkyl halides is 2. The SMILES string of the molecule is Cn1cc(C(=O)NC23CCC(c4ccccc42)C3(C)C)c(C(F)F)n1. The fourth-order valence-electron chi connectivity index (χ4n) is 4.95. The van der Waals surface area contributed by atoms with E-state index in [-0.39, 0.29) is 11.0 Å². The van der Waals surface area contributed by atoms with Crippen LogP contribution in [0.4, 0.5) is 8.78 Å². The van der Waals surface area contributed by atoms with E-state index in [4.69, 9.17) is 0 Å². The van der Waals surface area contributed by atoms with Crippen LogP contribution in [0.5, 0.6) is 0 Å². The summed E-state index contributed by atoms with van der Waals surface area (Å²) in [6.45, 7) is 4.31. The lowest BCUT2D eigenvalue weighted by molar-refractivity contribution is 0.0797. The first kappa shape index (κ1) is 16.2. The molecule has 0 radical (unpaired) electrons. The van der Waals surface area contributed by atoms with Gasteiger partial charge in [0, 0.05) is 13.2 Å². The lowest BCUT2D eigenvalue weighted by Crippen LogP contribution is -2.51. The highest BCUT2D eigenvalue weighted by Gasteiger charge is 2.62. The third-order valence-electron chi connectivity index (χ3n) is 6.21. The number of hydrogen-bond acceptors (Lipinski definition) is 2. The Hall–Kier alpha value is -2.24. The van der Waals surface area contributed by atoms with Crippen molar-refractivity contribution in [1.29, 1.82) is 0 Å². The molecule has 1 fully saturated rings. The van der Waals surface area contributed by atoms with Crippen LogP contribution < -0.4 is 5.32 Å². The van der Waals surface area contributed by atoms with Crippen LogP contribution >= 0.6 is 0 Å². The van der Waals surface area contributed by atoms with E-state index in [2.05, 4.69) is 30.3 Å². The van der Waals surface area contributed by atoms with Gasteiger partial charge in [-0.05, 0) is 35.3 Å². The molecule has 0 spiro atoms. The number of carbonyl (C=O) groups is 1. The Morgan fingerprint density at radius 3 is 2.80 bits per heavy atom. The van der Waals surface area contributed by atoms with Crippen LogP contribution in [-0.4, -0.2) is 15.7 Å². The normalized spacial score (nSPS) is 26.1. The van der Waals surface area contributed by atoms with E-state index in [0.29, 0.717) is 5.92 Å². The molecule has 1 heterocycles. The number of amides is 1. The number of aromatic nitrogens is 2. The molecule has 4 rings (SSSR count). The van der Waals surface area contributed by atoms with Crippen LogP contribution in [0.15, 0.2) is 30.5 Å². The Kier molecular flexibility index (Phi) is 3.33. The molecule has 2 aliphatic rings. The van der Waals surface area contributed by atoms with Gasteiger partial charge in [0.1, 0.15) is 5.69 Å². The van der Waals surface area contributed by atoms with E-state index >= 15 is 0 Å². The van der Waals surface area contributed by atoms with Crippen molar-refractivity contribution in [3.05, 3.63) is 52.8 Å². The molecule has 2 bridgehead atoms. The first-order valence-electron chi connectivity index (χ1n) is 8.51. The lowest BCUT2D eigenvalue weighted by Gasteiger charge is -2.39. The van der Waals surface area contributed by atoms with Crippen LogP contribution in [0.1, 0.15) is 66.2 Å². The number of hydrogen-bond donors (Lipinski definition) is 1. The second-order valence-electron chi connectivity index (χ2n) is 7.66. The van der Waals surface area contributed by atoms with Crippen molar-refractivity contribution in [2.24, 2.45) is 12.5 Å². The molecule has 132 valence electrons. The Morgan fingerprint density at radius 1 is 1.36 bits per heavy atom. The number of nitrogens with one attached hydrogen (secondary N) is 1. The van der Waals surface area contributed by atoms with Crippen molar-refractivity contribution in [1.82, 2.24) is 15.1 Å². The zero-order valence-electron chi connectivity index (χ0n) is 14.5. The highest BCUT2D eigenvalue weighted by atomic mass is 19.3. The minimum Gasteiger partial charge on any atom is -0.342 e. The van der Waals surface area contributed by atoms with Crippen molar-refractivity contribution < 1.29 is 13.6 Å². The third kappa shape index (κ3) is 2.03. The molecule has 2 atom stereocenters. The molecular weight excluding hydrogens is 324 g/mol. The average Bonchev–Trinajstić information content (AvgIpc) is 3.12. The Morgan fingerprint density at radius 2 is 2.08 bits per heavy atom. The molecule has 1 saturated carbocycles. The molecule has 25 heavy (non-hydrogen) atoms. The van der Waals surface area contributed by atoms with Gasteiger partial charge in [-0.3, -0.25) is 9.48 Å². The summed E-state index contributed by atoms with van der Waals surface area (Å²) in [5.74, 6) is -0.110. The number of nitrogens with zero attached hydrogens (tertiary/aromatic N) is 2. The highest BCUT2D eigenvalue weighted by Crippen LogP contribution is 2.66. The van der Waals surface area contributed by atoms with Crippen LogP contribution in [0.3, 0.4) is 0 Å². The topological polar surface area (TPSA) is 46.9 Å². The minimum absolute atomic E-state index is 0.0458. The quantitative estimate of drug-likeness (QED) is 0.917. The van der Waals surface area contributed by atoms with Gasteiger partial charge >= 0.3 is 0 Å². The number of halogens is 2. The summed E-state index contributed by atoms with van der Waals surface area (Å²) >= 11 is 0. The monoisotopic (exact) mass is 345 g/mol. The fraction of sp³-hybridized carbons (Fsp3) is 0.474. The molecular formula is C19H21F2N3O. The summed E-state index contributed by atoms with van der Waals surface area (Å²) in [4.78, 5) is 12.9. The molecule has 4 nitrogen and oxygen atoms in total. The number of rotatable bonds is 3. The predicted molar refractivity (Wildman–Crippen MR) is 89.5 cm³/mol. The van der Waals surface area contributed by atoms with E-state index < -0.39 is 23.6 Å². The summed E-state index contributed by atoms with van der Waals surface area (Å²) < 4.78 is 27.7. The van der Waals surface area contributed by atoms with Crippen LogP contribution in [0, 0.1) is 5.41 Å². The molecule has 1 amide bonds. The van der Waals surface area contributed by atoms with E-state index in [9.17, 15) is 13.6 Å². The number of fused-ring (bicyclic) bond motifs is 5. The molecule has 1 aromatic carbocycles. The van der Waals surface area contributed by atoms with E-state index in [1.54, 1.807) is 7.05 Å². The molecule has 1 aromatic heterocycles. The van der Waals surface area contributed by atoms with Gasteiger partial charge in [-0.25, -0.2) is 8.78 Å². The average molecular weight is 345 g/mol. The Labute approximate surface area is 145 Å².